The van der Waals surface area contributed by atoms with Gasteiger partial charge in [0.1, 0.15) is 11.5 Å². The van der Waals surface area contributed by atoms with Gasteiger partial charge in [-0.25, -0.2) is 4.39 Å². The molecule has 0 aliphatic heterocycles. The summed E-state index contributed by atoms with van der Waals surface area (Å²) in [6.45, 7) is 1.26. The third kappa shape index (κ3) is 3.46. The number of methoxy groups -OCH3 is 1. The molecule has 20 heavy (non-hydrogen) atoms. The van der Waals surface area contributed by atoms with Crippen LogP contribution >= 0.6 is 15.9 Å². The zero-order chi connectivity index (χ0) is 14.8. The highest BCUT2D eigenvalue weighted by Crippen LogP contribution is 2.49. The van der Waals surface area contributed by atoms with Gasteiger partial charge >= 0.3 is 0 Å². The number of anilines is 1. The number of ether oxygens (including phenoxy) is 1. The fraction of sp³-hybridized carbons (Fsp3) is 0.538. The van der Waals surface area contributed by atoms with Crippen molar-refractivity contribution in [3.8, 4) is 0 Å². The molecule has 0 amide bonds. The van der Waals surface area contributed by atoms with E-state index in [4.69, 9.17) is 4.74 Å². The Morgan fingerprint density at radius 1 is 1.55 bits per heavy atom. The van der Waals surface area contributed by atoms with Gasteiger partial charge in [0.2, 0.25) is 0 Å². The van der Waals surface area contributed by atoms with Gasteiger partial charge in [0, 0.05) is 32.4 Å². The Bertz CT molecular complexity index is 521. The van der Waals surface area contributed by atoms with Gasteiger partial charge in [0.15, 0.2) is 0 Å². The van der Waals surface area contributed by atoms with Crippen molar-refractivity contribution in [3.63, 3.8) is 0 Å². The average Bonchev–Trinajstić information content (AvgIpc) is 3.18. The molecule has 1 aromatic carbocycles. The van der Waals surface area contributed by atoms with Crippen LogP contribution in [0.4, 0.5) is 15.8 Å². The van der Waals surface area contributed by atoms with E-state index < -0.39 is 10.7 Å². The lowest BCUT2D eigenvalue weighted by Gasteiger charge is -2.16. The van der Waals surface area contributed by atoms with Crippen molar-refractivity contribution in [2.75, 3.05) is 25.6 Å². The summed E-state index contributed by atoms with van der Waals surface area (Å²) in [5.74, 6) is -0.514. The molecule has 2 rings (SSSR count). The summed E-state index contributed by atoms with van der Waals surface area (Å²) >= 11 is 2.96. The first-order valence-corrected chi connectivity index (χ1v) is 7.13. The predicted molar refractivity (Wildman–Crippen MR) is 77.4 cm³/mol. The fourth-order valence-corrected chi connectivity index (χ4v) is 2.45. The Balaban J connectivity index is 2.09. The predicted octanol–water partition coefficient (Wildman–Crippen LogP) is 3.73. The molecule has 0 saturated heterocycles. The number of nitro benzene ring substituents is 1. The maximum absolute atomic E-state index is 13.5. The van der Waals surface area contributed by atoms with Crippen LogP contribution in [0.15, 0.2) is 16.6 Å². The van der Waals surface area contributed by atoms with Crippen LogP contribution in [0.2, 0.25) is 0 Å². The van der Waals surface area contributed by atoms with Crippen molar-refractivity contribution >= 4 is 27.3 Å². The van der Waals surface area contributed by atoms with E-state index in [1.807, 2.05) is 0 Å². The van der Waals surface area contributed by atoms with E-state index >= 15 is 0 Å². The standard InChI is InChI=1S/C13H16BrFN2O3/c1-20-5-4-13(2-3-13)8-16-11-7-10(15)9(14)6-12(11)17(18)19/h6-7,16H,2-5,8H2,1H3. The van der Waals surface area contributed by atoms with Crippen LogP contribution in [0.3, 0.4) is 0 Å². The van der Waals surface area contributed by atoms with E-state index in [0.29, 0.717) is 13.2 Å². The molecule has 1 aromatic rings. The van der Waals surface area contributed by atoms with Crippen molar-refractivity contribution in [1.29, 1.82) is 0 Å². The molecule has 110 valence electrons. The SMILES string of the molecule is COCCC1(CNc2cc(F)c(Br)cc2[N+](=O)[O-])CC1. The molecule has 1 aliphatic carbocycles. The molecule has 5 nitrogen and oxygen atoms in total. The molecule has 0 unspecified atom stereocenters. The Morgan fingerprint density at radius 3 is 2.80 bits per heavy atom. The van der Waals surface area contributed by atoms with Crippen LogP contribution in [-0.2, 0) is 4.74 Å². The first kappa shape index (κ1) is 15.2. The van der Waals surface area contributed by atoms with Gasteiger partial charge in [-0.15, -0.1) is 0 Å². The van der Waals surface area contributed by atoms with E-state index in [9.17, 15) is 14.5 Å². The van der Waals surface area contributed by atoms with Crippen LogP contribution in [0, 0.1) is 21.3 Å². The minimum Gasteiger partial charge on any atom is -0.385 e. The highest BCUT2D eigenvalue weighted by molar-refractivity contribution is 9.10. The zero-order valence-corrected chi connectivity index (χ0v) is 12.7. The molecule has 0 bridgehead atoms. The number of nitrogens with zero attached hydrogens (tertiary/aromatic N) is 1. The van der Waals surface area contributed by atoms with Gasteiger partial charge in [-0.3, -0.25) is 10.1 Å². The number of benzene rings is 1. The van der Waals surface area contributed by atoms with Crippen LogP contribution in [-0.4, -0.2) is 25.2 Å². The normalized spacial score (nSPS) is 15.9. The summed E-state index contributed by atoms with van der Waals surface area (Å²) in [5, 5.41) is 14.0. The first-order valence-electron chi connectivity index (χ1n) is 6.34. The van der Waals surface area contributed by atoms with E-state index in [-0.39, 0.29) is 21.3 Å². The number of hydrogen-bond donors (Lipinski definition) is 1. The summed E-state index contributed by atoms with van der Waals surface area (Å²) in [6, 6.07) is 2.35. The van der Waals surface area contributed by atoms with Crippen LogP contribution in [0.1, 0.15) is 19.3 Å². The van der Waals surface area contributed by atoms with E-state index in [0.717, 1.165) is 25.3 Å². The molecule has 1 aliphatic rings. The number of nitrogens with one attached hydrogen (secondary N) is 1. The number of nitro groups is 1. The summed E-state index contributed by atoms with van der Waals surface area (Å²) in [4.78, 5) is 10.5. The Hall–Kier alpha value is -1.21. The van der Waals surface area contributed by atoms with E-state index in [1.54, 1.807) is 7.11 Å². The lowest BCUT2D eigenvalue weighted by atomic mass is 10.0. The van der Waals surface area contributed by atoms with Crippen molar-refractivity contribution in [2.24, 2.45) is 5.41 Å². The van der Waals surface area contributed by atoms with Gasteiger partial charge in [-0.2, -0.15) is 0 Å². The Labute approximate surface area is 124 Å². The topological polar surface area (TPSA) is 64.4 Å². The molecule has 7 heteroatoms. The summed E-state index contributed by atoms with van der Waals surface area (Å²) in [7, 11) is 1.65. The molecule has 0 spiro atoms. The van der Waals surface area contributed by atoms with Gasteiger partial charge in [0.05, 0.1) is 9.40 Å². The van der Waals surface area contributed by atoms with Gasteiger partial charge < -0.3 is 10.1 Å². The monoisotopic (exact) mass is 346 g/mol. The highest BCUT2D eigenvalue weighted by Gasteiger charge is 2.42. The van der Waals surface area contributed by atoms with Crippen LogP contribution < -0.4 is 5.32 Å². The first-order chi connectivity index (χ1) is 9.47. The summed E-state index contributed by atoms with van der Waals surface area (Å²) < 4.78 is 18.7. The minimum atomic E-state index is -0.514. The molecule has 1 fully saturated rings. The van der Waals surface area contributed by atoms with E-state index in [1.165, 1.54) is 6.07 Å². The molecule has 0 atom stereocenters. The molecule has 0 heterocycles. The third-order valence-corrected chi connectivity index (χ3v) is 4.29. The third-order valence-electron chi connectivity index (χ3n) is 3.68. The Morgan fingerprint density at radius 2 is 2.25 bits per heavy atom. The second kappa shape index (κ2) is 6.05. The lowest BCUT2D eigenvalue weighted by molar-refractivity contribution is -0.384. The summed E-state index contributed by atoms with van der Waals surface area (Å²) in [6.07, 6.45) is 3.04. The fourth-order valence-electron chi connectivity index (χ4n) is 2.12. The number of rotatable bonds is 7. The number of hydrogen-bond acceptors (Lipinski definition) is 4. The largest absolute Gasteiger partial charge is 0.385 e. The quantitative estimate of drug-likeness (QED) is 0.603. The second-order valence-corrected chi connectivity index (χ2v) is 5.99. The molecular weight excluding hydrogens is 331 g/mol. The average molecular weight is 347 g/mol. The highest BCUT2D eigenvalue weighted by atomic mass is 79.9. The second-order valence-electron chi connectivity index (χ2n) is 5.14. The van der Waals surface area contributed by atoms with Gasteiger partial charge in [0.25, 0.3) is 5.69 Å². The van der Waals surface area contributed by atoms with Gasteiger partial charge in [-0.05, 0) is 40.6 Å². The van der Waals surface area contributed by atoms with Gasteiger partial charge in [-0.1, -0.05) is 0 Å². The van der Waals surface area contributed by atoms with Crippen molar-refractivity contribution in [3.05, 3.63) is 32.5 Å². The smallest absolute Gasteiger partial charge is 0.293 e. The van der Waals surface area contributed by atoms with Crippen LogP contribution in [0.5, 0.6) is 0 Å². The minimum absolute atomic E-state index is 0.0928. The molecular formula is C13H16BrFN2O3. The summed E-state index contributed by atoms with van der Waals surface area (Å²) in [5.41, 5.74) is 0.230. The molecule has 1 N–H and O–H groups in total. The number of halogens is 2. The molecule has 0 aromatic heterocycles. The maximum atomic E-state index is 13.5. The maximum Gasteiger partial charge on any atom is 0.293 e. The van der Waals surface area contributed by atoms with E-state index in [2.05, 4.69) is 21.2 Å². The lowest BCUT2D eigenvalue weighted by Crippen LogP contribution is -2.18. The zero-order valence-electron chi connectivity index (χ0n) is 11.1. The van der Waals surface area contributed by atoms with Crippen LogP contribution in [0.25, 0.3) is 0 Å². The van der Waals surface area contributed by atoms with Crippen molar-refractivity contribution < 1.29 is 14.1 Å². The van der Waals surface area contributed by atoms with Crippen molar-refractivity contribution in [2.45, 2.75) is 19.3 Å². The molecule has 1 saturated carbocycles. The van der Waals surface area contributed by atoms with Crippen molar-refractivity contribution in [1.82, 2.24) is 0 Å². The Kier molecular flexibility index (Phi) is 4.59. The molecule has 0 radical (unpaired) electrons.